The van der Waals surface area contributed by atoms with Crippen LogP contribution in [0, 0.1) is 11.8 Å². The fourth-order valence-corrected chi connectivity index (χ4v) is 4.22. The van der Waals surface area contributed by atoms with Crippen molar-refractivity contribution in [2.45, 2.75) is 51.0 Å². The first kappa shape index (κ1) is 15.3. The fourth-order valence-electron chi connectivity index (χ4n) is 2.83. The van der Waals surface area contributed by atoms with Gasteiger partial charge in [0.15, 0.2) is 0 Å². The van der Waals surface area contributed by atoms with Gasteiger partial charge in [-0.1, -0.05) is 27.7 Å². The van der Waals surface area contributed by atoms with E-state index in [4.69, 9.17) is 5.73 Å². The Hall–Kier alpha value is 0.270. The van der Waals surface area contributed by atoms with E-state index >= 15 is 0 Å². The second-order valence-corrected chi connectivity index (χ2v) is 7.92. The zero-order valence-electron chi connectivity index (χ0n) is 12.0. The average Bonchev–Trinajstić information content (AvgIpc) is 2.22. The molecule has 3 atom stereocenters. The molecule has 1 aliphatic heterocycles. The molecule has 0 spiro atoms. The van der Waals surface area contributed by atoms with Crippen LogP contribution in [0.3, 0.4) is 0 Å². The maximum absolute atomic E-state index is 5.87. The molecule has 0 amide bonds. The van der Waals surface area contributed by atoms with Crippen LogP contribution in [0.15, 0.2) is 0 Å². The van der Waals surface area contributed by atoms with Crippen LogP contribution in [0.5, 0.6) is 0 Å². The molecule has 0 radical (unpaired) electrons. The Morgan fingerprint density at radius 2 is 1.82 bits per heavy atom. The van der Waals surface area contributed by atoms with Crippen molar-refractivity contribution in [3.63, 3.8) is 0 Å². The lowest BCUT2D eigenvalue weighted by atomic mass is 9.94. The van der Waals surface area contributed by atoms with Crippen LogP contribution in [0.25, 0.3) is 0 Å². The summed E-state index contributed by atoms with van der Waals surface area (Å²) in [6.07, 6.45) is 2.56. The molecule has 0 bridgehead atoms. The van der Waals surface area contributed by atoms with Gasteiger partial charge in [0, 0.05) is 23.6 Å². The van der Waals surface area contributed by atoms with Crippen LogP contribution >= 0.6 is 11.8 Å². The number of nitrogens with zero attached hydrogens (tertiary/aromatic N) is 1. The molecule has 2 N–H and O–H groups in total. The van der Waals surface area contributed by atoms with Gasteiger partial charge in [-0.05, 0) is 37.8 Å². The lowest BCUT2D eigenvalue weighted by Gasteiger charge is -2.35. The Morgan fingerprint density at radius 3 is 2.29 bits per heavy atom. The molecule has 1 saturated heterocycles. The smallest absolute Gasteiger partial charge is 0.0149 e. The van der Waals surface area contributed by atoms with Crippen LogP contribution in [0.4, 0.5) is 0 Å². The summed E-state index contributed by atoms with van der Waals surface area (Å²) >= 11 is 2.13. The first-order chi connectivity index (χ1) is 8.01. The van der Waals surface area contributed by atoms with Crippen LogP contribution < -0.4 is 5.73 Å². The molecule has 2 nitrogen and oxygen atoms in total. The minimum atomic E-state index is 0.718. The highest BCUT2D eigenvalue weighted by Gasteiger charge is 2.22. The molecule has 3 unspecified atom stereocenters. The molecule has 0 aromatic carbocycles. The minimum absolute atomic E-state index is 0.718. The summed E-state index contributed by atoms with van der Waals surface area (Å²) in [7, 11) is 0. The van der Waals surface area contributed by atoms with Crippen molar-refractivity contribution >= 4 is 11.8 Å². The van der Waals surface area contributed by atoms with E-state index in [2.05, 4.69) is 44.4 Å². The van der Waals surface area contributed by atoms with Crippen molar-refractivity contribution in [2.24, 2.45) is 17.6 Å². The van der Waals surface area contributed by atoms with E-state index in [1.54, 1.807) is 0 Å². The maximum Gasteiger partial charge on any atom is 0.0149 e. The van der Waals surface area contributed by atoms with Crippen molar-refractivity contribution in [2.75, 3.05) is 26.2 Å². The molecule has 0 aliphatic carbocycles. The van der Waals surface area contributed by atoms with Crippen LogP contribution in [0.2, 0.25) is 0 Å². The van der Waals surface area contributed by atoms with Gasteiger partial charge in [0.05, 0.1) is 0 Å². The number of hydrogen-bond donors (Lipinski definition) is 1. The predicted octanol–water partition coefficient (Wildman–Crippen LogP) is 2.82. The third-order valence-electron chi connectivity index (χ3n) is 3.49. The first-order valence-electron chi connectivity index (χ1n) is 7.09. The van der Waals surface area contributed by atoms with E-state index in [1.165, 1.54) is 32.5 Å². The average molecular weight is 258 g/mol. The molecule has 3 heteroatoms. The normalized spacial score (nSPS) is 28.6. The van der Waals surface area contributed by atoms with Crippen molar-refractivity contribution in [3.8, 4) is 0 Å². The minimum Gasteiger partial charge on any atom is -0.330 e. The first-order valence-corrected chi connectivity index (χ1v) is 8.03. The number of thioether (sulfide) groups is 1. The van der Waals surface area contributed by atoms with E-state index in [1.807, 2.05) is 0 Å². The number of rotatable bonds is 6. The molecule has 1 heterocycles. The molecule has 0 aromatic heterocycles. The van der Waals surface area contributed by atoms with E-state index in [0.717, 1.165) is 28.9 Å². The quantitative estimate of drug-likeness (QED) is 0.794. The van der Waals surface area contributed by atoms with E-state index in [9.17, 15) is 0 Å². The van der Waals surface area contributed by atoms with Gasteiger partial charge in [-0.25, -0.2) is 0 Å². The molecule has 102 valence electrons. The molecule has 1 fully saturated rings. The summed E-state index contributed by atoms with van der Waals surface area (Å²) in [5, 5.41) is 1.58. The third-order valence-corrected chi connectivity index (χ3v) is 4.71. The Bertz CT molecular complexity index is 198. The highest BCUT2D eigenvalue weighted by molar-refractivity contribution is 8.00. The maximum atomic E-state index is 5.87. The molecule has 1 rings (SSSR count). The summed E-state index contributed by atoms with van der Waals surface area (Å²) in [5.41, 5.74) is 5.87. The van der Waals surface area contributed by atoms with Crippen LogP contribution in [0.1, 0.15) is 40.5 Å². The fraction of sp³-hybridized carbons (Fsp3) is 1.00. The molecular formula is C14H30N2S. The van der Waals surface area contributed by atoms with Gasteiger partial charge < -0.3 is 10.6 Å². The lowest BCUT2D eigenvalue weighted by molar-refractivity contribution is 0.241. The van der Waals surface area contributed by atoms with Gasteiger partial charge in [0.1, 0.15) is 0 Å². The summed E-state index contributed by atoms with van der Waals surface area (Å²) < 4.78 is 0. The molecule has 0 saturated carbocycles. The Morgan fingerprint density at radius 1 is 1.24 bits per heavy atom. The third kappa shape index (κ3) is 6.12. The van der Waals surface area contributed by atoms with Gasteiger partial charge in [-0.3, -0.25) is 0 Å². The molecular weight excluding hydrogens is 228 g/mol. The van der Waals surface area contributed by atoms with Crippen LogP contribution in [-0.4, -0.2) is 41.6 Å². The van der Waals surface area contributed by atoms with Crippen molar-refractivity contribution < 1.29 is 0 Å². The van der Waals surface area contributed by atoms with Gasteiger partial charge in [-0.2, -0.15) is 11.8 Å². The highest BCUT2D eigenvalue weighted by Crippen LogP contribution is 2.25. The topological polar surface area (TPSA) is 29.3 Å². The highest BCUT2D eigenvalue weighted by atomic mass is 32.2. The van der Waals surface area contributed by atoms with Crippen molar-refractivity contribution in [3.05, 3.63) is 0 Å². The Labute approximate surface area is 112 Å². The monoisotopic (exact) mass is 258 g/mol. The SMILES string of the molecule is CC(C)CC(CN)CCN1CC(C)SC(C)C1. The van der Waals surface area contributed by atoms with Crippen molar-refractivity contribution in [1.29, 1.82) is 0 Å². The zero-order valence-corrected chi connectivity index (χ0v) is 12.8. The van der Waals surface area contributed by atoms with Gasteiger partial charge in [0.2, 0.25) is 0 Å². The van der Waals surface area contributed by atoms with E-state index < -0.39 is 0 Å². The van der Waals surface area contributed by atoms with Gasteiger partial charge >= 0.3 is 0 Å². The van der Waals surface area contributed by atoms with Gasteiger partial charge in [-0.15, -0.1) is 0 Å². The zero-order chi connectivity index (χ0) is 12.8. The largest absolute Gasteiger partial charge is 0.330 e. The van der Waals surface area contributed by atoms with E-state index in [0.29, 0.717) is 0 Å². The second-order valence-electron chi connectivity index (χ2n) is 6.04. The van der Waals surface area contributed by atoms with Crippen LogP contribution in [-0.2, 0) is 0 Å². The van der Waals surface area contributed by atoms with E-state index in [-0.39, 0.29) is 0 Å². The number of nitrogens with two attached hydrogens (primary N) is 1. The summed E-state index contributed by atoms with van der Waals surface area (Å²) in [6, 6.07) is 0. The molecule has 0 aromatic rings. The summed E-state index contributed by atoms with van der Waals surface area (Å²) in [4.78, 5) is 2.63. The number of hydrogen-bond acceptors (Lipinski definition) is 3. The summed E-state index contributed by atoms with van der Waals surface area (Å²) in [6.45, 7) is 13.9. The standard InChI is InChI=1S/C14H30N2S/c1-11(2)7-14(8-15)5-6-16-9-12(3)17-13(4)10-16/h11-14H,5-10,15H2,1-4H3. The molecule has 17 heavy (non-hydrogen) atoms. The molecule has 1 aliphatic rings. The van der Waals surface area contributed by atoms with Gasteiger partial charge in [0.25, 0.3) is 0 Å². The second kappa shape index (κ2) is 7.65. The Balaban J connectivity index is 2.28. The summed E-state index contributed by atoms with van der Waals surface area (Å²) in [5.74, 6) is 1.49. The lowest BCUT2D eigenvalue weighted by Crippen LogP contribution is -2.41. The Kier molecular flexibility index (Phi) is 6.90. The predicted molar refractivity (Wildman–Crippen MR) is 79.6 cm³/mol. The van der Waals surface area contributed by atoms with Crippen molar-refractivity contribution in [1.82, 2.24) is 4.90 Å².